The number of carbonyl (C=O) groups excluding carboxylic acids is 1. The van der Waals surface area contributed by atoms with E-state index in [1.54, 1.807) is 0 Å². The molecular formula is C14H25ClN4OS. The number of thiazole rings is 1. The van der Waals surface area contributed by atoms with E-state index in [1.165, 1.54) is 30.6 Å². The molecule has 0 bridgehead atoms. The lowest BCUT2D eigenvalue weighted by atomic mass is 10.1. The molecule has 2 rings (SSSR count). The van der Waals surface area contributed by atoms with E-state index in [2.05, 4.69) is 15.2 Å². The predicted molar refractivity (Wildman–Crippen MR) is 90.0 cm³/mol. The summed E-state index contributed by atoms with van der Waals surface area (Å²) >= 11 is 1.48. The minimum Gasteiger partial charge on any atom is -0.320 e. The minimum atomic E-state index is -0.436. The molecule has 0 saturated carbocycles. The second kappa shape index (κ2) is 9.35. The molecule has 1 unspecified atom stereocenters. The number of piperidine rings is 1. The van der Waals surface area contributed by atoms with Gasteiger partial charge in [-0.2, -0.15) is 0 Å². The molecular weight excluding hydrogens is 308 g/mol. The summed E-state index contributed by atoms with van der Waals surface area (Å²) in [5, 5.41) is 5.49. The van der Waals surface area contributed by atoms with Crippen molar-refractivity contribution >= 4 is 34.8 Å². The van der Waals surface area contributed by atoms with Gasteiger partial charge < -0.3 is 11.1 Å². The topological polar surface area (TPSA) is 71.2 Å². The van der Waals surface area contributed by atoms with Crippen LogP contribution in [0.2, 0.25) is 0 Å². The van der Waals surface area contributed by atoms with Crippen molar-refractivity contribution < 1.29 is 4.79 Å². The highest BCUT2D eigenvalue weighted by molar-refractivity contribution is 7.13. The first kappa shape index (κ1) is 18.4. The van der Waals surface area contributed by atoms with Gasteiger partial charge in [-0.3, -0.25) is 9.69 Å². The van der Waals surface area contributed by atoms with Gasteiger partial charge in [0.1, 0.15) is 0 Å². The molecule has 1 aliphatic rings. The van der Waals surface area contributed by atoms with Crippen molar-refractivity contribution in [3.8, 4) is 0 Å². The number of anilines is 1. The van der Waals surface area contributed by atoms with Crippen LogP contribution in [0.3, 0.4) is 0 Å². The van der Waals surface area contributed by atoms with Crippen LogP contribution in [-0.2, 0) is 11.3 Å². The first-order valence-electron chi connectivity index (χ1n) is 7.42. The van der Waals surface area contributed by atoms with Crippen molar-refractivity contribution in [2.45, 2.75) is 51.6 Å². The lowest BCUT2D eigenvalue weighted by Crippen LogP contribution is -2.35. The van der Waals surface area contributed by atoms with Gasteiger partial charge in [-0.25, -0.2) is 4.98 Å². The number of aromatic nitrogens is 1. The molecule has 7 heteroatoms. The van der Waals surface area contributed by atoms with E-state index in [1.807, 2.05) is 12.3 Å². The highest BCUT2D eigenvalue weighted by atomic mass is 35.5. The number of likely N-dealkylation sites (tertiary alicyclic amines) is 1. The van der Waals surface area contributed by atoms with Gasteiger partial charge in [0, 0.05) is 11.9 Å². The Balaban J connectivity index is 0.00000220. The number of halogens is 1. The van der Waals surface area contributed by atoms with Crippen molar-refractivity contribution in [3.05, 3.63) is 11.1 Å². The summed E-state index contributed by atoms with van der Waals surface area (Å²) in [6.45, 7) is 5.21. The van der Waals surface area contributed by atoms with Crippen LogP contribution in [-0.4, -0.2) is 34.9 Å². The summed E-state index contributed by atoms with van der Waals surface area (Å²) in [7, 11) is 0. The maximum absolute atomic E-state index is 11.8. The summed E-state index contributed by atoms with van der Waals surface area (Å²) in [6, 6.07) is -0.436. The lowest BCUT2D eigenvalue weighted by molar-refractivity contribution is -0.117. The zero-order valence-corrected chi connectivity index (χ0v) is 14.1. The SMILES string of the molecule is CCCC(N)C(=O)Nc1nc(CN2CCCCC2)cs1.Cl. The van der Waals surface area contributed by atoms with E-state index in [-0.39, 0.29) is 18.3 Å². The van der Waals surface area contributed by atoms with Gasteiger partial charge in [-0.15, -0.1) is 23.7 Å². The van der Waals surface area contributed by atoms with Gasteiger partial charge >= 0.3 is 0 Å². The van der Waals surface area contributed by atoms with Gasteiger partial charge in [0.05, 0.1) is 11.7 Å². The molecule has 0 aromatic carbocycles. The number of rotatable bonds is 6. The molecule has 1 saturated heterocycles. The van der Waals surface area contributed by atoms with Crippen LogP contribution in [0.5, 0.6) is 0 Å². The van der Waals surface area contributed by atoms with Crippen molar-refractivity contribution in [1.29, 1.82) is 0 Å². The van der Waals surface area contributed by atoms with Gasteiger partial charge in [0.2, 0.25) is 5.91 Å². The highest BCUT2D eigenvalue weighted by Crippen LogP contribution is 2.19. The molecule has 0 aliphatic carbocycles. The van der Waals surface area contributed by atoms with E-state index >= 15 is 0 Å². The molecule has 1 atom stereocenters. The standard InChI is InChI=1S/C14H24N4OS.ClH/c1-2-6-12(15)13(19)17-14-16-11(10-20-14)9-18-7-4-3-5-8-18;/h10,12H,2-9,15H2,1H3,(H,16,17,19);1H. The van der Waals surface area contributed by atoms with Crippen LogP contribution in [0.25, 0.3) is 0 Å². The summed E-state index contributed by atoms with van der Waals surface area (Å²) in [5.41, 5.74) is 6.83. The quantitative estimate of drug-likeness (QED) is 0.840. The molecule has 2 heterocycles. The average Bonchev–Trinajstić information content (AvgIpc) is 2.87. The van der Waals surface area contributed by atoms with E-state index in [4.69, 9.17) is 5.73 Å². The van der Waals surface area contributed by atoms with E-state index in [9.17, 15) is 4.79 Å². The maximum Gasteiger partial charge on any atom is 0.243 e. The van der Waals surface area contributed by atoms with Gasteiger partial charge in [-0.05, 0) is 32.4 Å². The number of nitrogens with zero attached hydrogens (tertiary/aromatic N) is 2. The lowest BCUT2D eigenvalue weighted by Gasteiger charge is -2.25. The Bertz CT molecular complexity index is 434. The fourth-order valence-corrected chi connectivity index (χ4v) is 3.13. The zero-order valence-electron chi connectivity index (χ0n) is 12.5. The fraction of sp³-hybridized carbons (Fsp3) is 0.714. The smallest absolute Gasteiger partial charge is 0.243 e. The molecule has 1 aliphatic heterocycles. The number of carbonyl (C=O) groups is 1. The largest absolute Gasteiger partial charge is 0.320 e. The second-order valence-electron chi connectivity index (χ2n) is 5.37. The summed E-state index contributed by atoms with van der Waals surface area (Å²) in [4.78, 5) is 18.7. The molecule has 5 nitrogen and oxygen atoms in total. The Kier molecular flexibility index (Phi) is 8.18. The van der Waals surface area contributed by atoms with Crippen molar-refractivity contribution in [2.24, 2.45) is 5.73 Å². The molecule has 3 N–H and O–H groups in total. The summed E-state index contributed by atoms with van der Waals surface area (Å²) in [5.74, 6) is -0.134. The highest BCUT2D eigenvalue weighted by Gasteiger charge is 2.15. The normalized spacial score (nSPS) is 17.0. The molecule has 0 radical (unpaired) electrons. The van der Waals surface area contributed by atoms with Crippen LogP contribution >= 0.6 is 23.7 Å². The molecule has 0 spiro atoms. The van der Waals surface area contributed by atoms with Crippen LogP contribution in [0, 0.1) is 0 Å². The van der Waals surface area contributed by atoms with E-state index < -0.39 is 6.04 Å². The Morgan fingerprint density at radius 3 is 2.86 bits per heavy atom. The Morgan fingerprint density at radius 1 is 1.48 bits per heavy atom. The number of hydrogen-bond acceptors (Lipinski definition) is 5. The number of amides is 1. The Morgan fingerprint density at radius 2 is 2.19 bits per heavy atom. The summed E-state index contributed by atoms with van der Waals surface area (Å²) in [6.07, 6.45) is 5.51. The second-order valence-corrected chi connectivity index (χ2v) is 6.22. The van der Waals surface area contributed by atoms with Gasteiger partial charge in [0.25, 0.3) is 0 Å². The molecule has 1 amide bonds. The fourth-order valence-electron chi connectivity index (χ4n) is 2.42. The van der Waals surface area contributed by atoms with Gasteiger partial charge in [0.15, 0.2) is 5.13 Å². The predicted octanol–water partition coefficient (Wildman–Crippen LogP) is 2.62. The Labute approximate surface area is 136 Å². The van der Waals surface area contributed by atoms with Crippen molar-refractivity contribution in [3.63, 3.8) is 0 Å². The maximum atomic E-state index is 11.8. The first-order chi connectivity index (χ1) is 9.69. The zero-order chi connectivity index (χ0) is 14.4. The molecule has 1 fully saturated rings. The third kappa shape index (κ3) is 5.90. The average molecular weight is 333 g/mol. The monoisotopic (exact) mass is 332 g/mol. The van der Waals surface area contributed by atoms with E-state index in [0.29, 0.717) is 11.6 Å². The van der Waals surface area contributed by atoms with Crippen LogP contribution in [0.1, 0.15) is 44.7 Å². The molecule has 1 aromatic heterocycles. The van der Waals surface area contributed by atoms with Crippen LogP contribution < -0.4 is 11.1 Å². The van der Waals surface area contributed by atoms with E-state index in [0.717, 1.165) is 31.7 Å². The minimum absolute atomic E-state index is 0. The number of nitrogens with two attached hydrogens (primary N) is 1. The molecule has 21 heavy (non-hydrogen) atoms. The molecule has 120 valence electrons. The van der Waals surface area contributed by atoms with Crippen LogP contribution in [0.15, 0.2) is 5.38 Å². The van der Waals surface area contributed by atoms with Crippen molar-refractivity contribution in [2.75, 3.05) is 18.4 Å². The summed E-state index contributed by atoms with van der Waals surface area (Å²) < 4.78 is 0. The number of nitrogens with one attached hydrogen (secondary N) is 1. The third-order valence-electron chi connectivity index (χ3n) is 3.55. The van der Waals surface area contributed by atoms with Gasteiger partial charge in [-0.1, -0.05) is 19.8 Å². The Hall–Kier alpha value is -0.690. The molecule has 1 aromatic rings. The van der Waals surface area contributed by atoms with Crippen molar-refractivity contribution in [1.82, 2.24) is 9.88 Å². The number of hydrogen-bond donors (Lipinski definition) is 2. The third-order valence-corrected chi connectivity index (χ3v) is 4.36. The first-order valence-corrected chi connectivity index (χ1v) is 8.30. The van der Waals surface area contributed by atoms with Crippen LogP contribution in [0.4, 0.5) is 5.13 Å².